The largest absolute Gasteiger partial charge is 0.327 e. The van der Waals surface area contributed by atoms with Crippen molar-refractivity contribution in [2.45, 2.75) is 32.9 Å². The van der Waals surface area contributed by atoms with Crippen molar-refractivity contribution in [2.24, 2.45) is 5.73 Å². The molecule has 2 N–H and O–H groups in total. The molecule has 0 aliphatic rings. The number of fused-ring (bicyclic) bond motifs is 1. The van der Waals surface area contributed by atoms with Crippen molar-refractivity contribution in [2.75, 3.05) is 0 Å². The van der Waals surface area contributed by atoms with Crippen LogP contribution in [0.3, 0.4) is 0 Å². The van der Waals surface area contributed by atoms with Crippen LogP contribution in [0.15, 0.2) is 18.2 Å². The zero-order valence-electron chi connectivity index (χ0n) is 9.57. The number of aromatic nitrogens is 2. The lowest BCUT2D eigenvalue weighted by atomic mass is 10.3. The molecule has 1 heterocycles. The van der Waals surface area contributed by atoms with Crippen LogP contribution in [-0.4, -0.2) is 9.55 Å². The van der Waals surface area contributed by atoms with E-state index >= 15 is 0 Å². The summed E-state index contributed by atoms with van der Waals surface area (Å²) < 4.78 is 15.2. The zero-order valence-corrected chi connectivity index (χ0v) is 9.57. The third kappa shape index (κ3) is 1.80. The van der Waals surface area contributed by atoms with Gasteiger partial charge in [0.1, 0.15) is 11.6 Å². The van der Waals surface area contributed by atoms with Gasteiger partial charge in [-0.1, -0.05) is 6.92 Å². The maximum absolute atomic E-state index is 13.2. The fourth-order valence-corrected chi connectivity index (χ4v) is 1.92. The van der Waals surface area contributed by atoms with Crippen molar-refractivity contribution in [1.82, 2.24) is 9.55 Å². The molecule has 0 radical (unpaired) electrons. The van der Waals surface area contributed by atoms with Crippen molar-refractivity contribution < 1.29 is 4.39 Å². The lowest BCUT2D eigenvalue weighted by Gasteiger charge is -2.09. The quantitative estimate of drug-likeness (QED) is 0.865. The third-order valence-electron chi connectivity index (χ3n) is 2.59. The Kier molecular flexibility index (Phi) is 2.92. The molecule has 1 atom stereocenters. The van der Waals surface area contributed by atoms with Crippen molar-refractivity contribution in [3.8, 4) is 0 Å². The van der Waals surface area contributed by atoms with Gasteiger partial charge in [0, 0.05) is 6.54 Å². The molecule has 2 aromatic rings. The summed E-state index contributed by atoms with van der Waals surface area (Å²) in [6.07, 6.45) is 0.974. The van der Waals surface area contributed by atoms with Crippen molar-refractivity contribution >= 4 is 11.0 Å². The maximum atomic E-state index is 13.2. The van der Waals surface area contributed by atoms with Crippen molar-refractivity contribution in [3.63, 3.8) is 0 Å². The summed E-state index contributed by atoms with van der Waals surface area (Å²) in [7, 11) is 0. The van der Waals surface area contributed by atoms with E-state index in [0.717, 1.165) is 29.8 Å². The van der Waals surface area contributed by atoms with Crippen LogP contribution in [0, 0.1) is 5.82 Å². The van der Waals surface area contributed by atoms with E-state index in [1.54, 1.807) is 6.07 Å². The Balaban J connectivity index is 2.67. The van der Waals surface area contributed by atoms with Crippen LogP contribution in [0.25, 0.3) is 11.0 Å². The van der Waals surface area contributed by atoms with Crippen molar-refractivity contribution in [1.29, 1.82) is 0 Å². The van der Waals surface area contributed by atoms with E-state index in [9.17, 15) is 4.39 Å². The Morgan fingerprint density at radius 2 is 2.25 bits per heavy atom. The minimum Gasteiger partial charge on any atom is -0.327 e. The summed E-state index contributed by atoms with van der Waals surface area (Å²) in [5.74, 6) is 0.587. The Morgan fingerprint density at radius 3 is 2.88 bits per heavy atom. The summed E-state index contributed by atoms with van der Waals surface area (Å²) >= 11 is 0. The topological polar surface area (TPSA) is 43.8 Å². The first kappa shape index (κ1) is 11.1. The highest BCUT2D eigenvalue weighted by atomic mass is 19.1. The molecule has 86 valence electrons. The van der Waals surface area contributed by atoms with E-state index in [1.165, 1.54) is 12.1 Å². The molecule has 4 heteroatoms. The van der Waals surface area contributed by atoms with Gasteiger partial charge in [-0.15, -0.1) is 0 Å². The van der Waals surface area contributed by atoms with Gasteiger partial charge in [-0.3, -0.25) is 0 Å². The Labute approximate surface area is 94.1 Å². The van der Waals surface area contributed by atoms with Gasteiger partial charge in [-0.05, 0) is 31.5 Å². The number of halogens is 1. The van der Waals surface area contributed by atoms with E-state index in [2.05, 4.69) is 11.9 Å². The second-order valence-corrected chi connectivity index (χ2v) is 4.04. The van der Waals surface area contributed by atoms with E-state index in [4.69, 9.17) is 5.73 Å². The number of imidazole rings is 1. The first-order valence-electron chi connectivity index (χ1n) is 5.54. The molecular formula is C12H16FN3. The summed E-state index contributed by atoms with van der Waals surface area (Å²) in [5, 5.41) is 0. The molecule has 0 bridgehead atoms. The molecular weight excluding hydrogens is 205 g/mol. The Bertz CT molecular complexity index is 502. The second kappa shape index (κ2) is 4.22. The molecule has 1 aromatic heterocycles. The summed E-state index contributed by atoms with van der Waals surface area (Å²) in [6, 6.07) is 4.50. The second-order valence-electron chi connectivity index (χ2n) is 4.04. The molecule has 16 heavy (non-hydrogen) atoms. The van der Waals surface area contributed by atoms with Gasteiger partial charge in [-0.25, -0.2) is 9.37 Å². The van der Waals surface area contributed by atoms with E-state index in [0.29, 0.717) is 0 Å². The summed E-state index contributed by atoms with van der Waals surface area (Å²) in [5.41, 5.74) is 7.51. The number of nitrogens with two attached hydrogens (primary N) is 1. The number of nitrogens with zero attached hydrogens (tertiary/aromatic N) is 2. The molecule has 0 saturated heterocycles. The maximum Gasteiger partial charge on any atom is 0.126 e. The van der Waals surface area contributed by atoms with Gasteiger partial charge in [0.05, 0.1) is 17.1 Å². The average Bonchev–Trinajstić information content (AvgIpc) is 2.58. The van der Waals surface area contributed by atoms with E-state index < -0.39 is 0 Å². The average molecular weight is 221 g/mol. The van der Waals surface area contributed by atoms with Gasteiger partial charge in [-0.2, -0.15) is 0 Å². The molecule has 0 fully saturated rings. The number of aryl methyl sites for hydroxylation is 1. The SMILES string of the molecule is CCCn1c(C(C)N)nc2ccc(F)cc21. The van der Waals surface area contributed by atoms with Gasteiger partial charge in [0.25, 0.3) is 0 Å². The highest BCUT2D eigenvalue weighted by Gasteiger charge is 2.13. The third-order valence-corrected chi connectivity index (χ3v) is 2.59. The number of hydrogen-bond donors (Lipinski definition) is 1. The lowest BCUT2D eigenvalue weighted by molar-refractivity contribution is 0.607. The normalized spacial score (nSPS) is 13.2. The number of benzene rings is 1. The van der Waals surface area contributed by atoms with Crippen LogP contribution in [-0.2, 0) is 6.54 Å². The summed E-state index contributed by atoms with van der Waals surface area (Å²) in [4.78, 5) is 4.44. The first-order chi connectivity index (χ1) is 7.63. The highest BCUT2D eigenvalue weighted by molar-refractivity contribution is 5.76. The van der Waals surface area contributed by atoms with E-state index in [-0.39, 0.29) is 11.9 Å². The number of hydrogen-bond acceptors (Lipinski definition) is 2. The van der Waals surface area contributed by atoms with Crippen molar-refractivity contribution in [3.05, 3.63) is 29.8 Å². The smallest absolute Gasteiger partial charge is 0.126 e. The molecule has 2 rings (SSSR count). The molecule has 0 spiro atoms. The standard InChI is InChI=1S/C12H16FN3/c1-3-6-16-11-7-9(13)4-5-10(11)15-12(16)8(2)14/h4-5,7-8H,3,6,14H2,1-2H3. The predicted octanol–water partition coefficient (Wildman–Crippen LogP) is 2.61. The fraction of sp³-hybridized carbons (Fsp3) is 0.417. The Hall–Kier alpha value is -1.42. The van der Waals surface area contributed by atoms with Crippen LogP contribution in [0.5, 0.6) is 0 Å². The van der Waals surface area contributed by atoms with Gasteiger partial charge < -0.3 is 10.3 Å². The first-order valence-corrected chi connectivity index (χ1v) is 5.54. The van der Waals surface area contributed by atoms with Crippen LogP contribution in [0.4, 0.5) is 4.39 Å². The summed E-state index contributed by atoms with van der Waals surface area (Å²) in [6.45, 7) is 4.79. The van der Waals surface area contributed by atoms with Gasteiger partial charge in [0.15, 0.2) is 0 Å². The molecule has 0 amide bonds. The molecule has 0 saturated carbocycles. The minimum absolute atomic E-state index is 0.137. The van der Waals surface area contributed by atoms with E-state index in [1.807, 2.05) is 11.5 Å². The monoisotopic (exact) mass is 221 g/mol. The van der Waals surface area contributed by atoms with Gasteiger partial charge >= 0.3 is 0 Å². The zero-order chi connectivity index (χ0) is 11.7. The van der Waals surface area contributed by atoms with Crippen LogP contribution in [0.1, 0.15) is 32.1 Å². The molecule has 0 aliphatic carbocycles. The molecule has 1 unspecified atom stereocenters. The van der Waals surface area contributed by atoms with Crippen LogP contribution >= 0.6 is 0 Å². The van der Waals surface area contributed by atoms with Crippen LogP contribution < -0.4 is 5.73 Å². The minimum atomic E-state index is -0.235. The molecule has 1 aromatic carbocycles. The number of rotatable bonds is 3. The predicted molar refractivity (Wildman–Crippen MR) is 62.6 cm³/mol. The lowest BCUT2D eigenvalue weighted by Crippen LogP contribution is -2.13. The molecule has 0 aliphatic heterocycles. The Morgan fingerprint density at radius 1 is 1.50 bits per heavy atom. The van der Waals surface area contributed by atoms with Crippen LogP contribution in [0.2, 0.25) is 0 Å². The molecule has 3 nitrogen and oxygen atoms in total. The highest BCUT2D eigenvalue weighted by Crippen LogP contribution is 2.21. The fourth-order valence-electron chi connectivity index (χ4n) is 1.92. The van der Waals surface area contributed by atoms with Gasteiger partial charge in [0.2, 0.25) is 0 Å².